The second-order valence-corrected chi connectivity index (χ2v) is 6.73. The predicted molar refractivity (Wildman–Crippen MR) is 84.9 cm³/mol. The van der Waals surface area contributed by atoms with Gasteiger partial charge in [-0.15, -0.1) is 0 Å². The summed E-state index contributed by atoms with van der Waals surface area (Å²) >= 11 is 0. The van der Waals surface area contributed by atoms with E-state index in [4.69, 9.17) is 4.74 Å². The van der Waals surface area contributed by atoms with E-state index in [1.54, 1.807) is 26.0 Å². The SMILES string of the molecule is Cc1cc(C(=O)N2CCOC[C@@H]2[C@@H]2CCC[C@@H]2O)cc(C)c1F. The van der Waals surface area contributed by atoms with Crippen LogP contribution in [-0.2, 0) is 4.74 Å². The van der Waals surface area contributed by atoms with Crippen LogP contribution in [0.3, 0.4) is 0 Å². The van der Waals surface area contributed by atoms with E-state index in [9.17, 15) is 14.3 Å². The van der Waals surface area contributed by atoms with E-state index in [1.807, 2.05) is 4.90 Å². The molecule has 0 aromatic heterocycles. The minimum Gasteiger partial charge on any atom is -0.393 e. The number of nitrogens with zero attached hydrogens (tertiary/aromatic N) is 1. The number of rotatable bonds is 2. The van der Waals surface area contributed by atoms with Gasteiger partial charge in [-0.25, -0.2) is 4.39 Å². The molecule has 1 aliphatic heterocycles. The van der Waals surface area contributed by atoms with Crippen molar-refractivity contribution < 1.29 is 19.0 Å². The number of hydrogen-bond donors (Lipinski definition) is 1. The lowest BCUT2D eigenvalue weighted by atomic mass is 9.93. The Morgan fingerprint density at radius 2 is 2.00 bits per heavy atom. The molecule has 4 nitrogen and oxygen atoms in total. The van der Waals surface area contributed by atoms with Crippen LogP contribution in [0.15, 0.2) is 12.1 Å². The van der Waals surface area contributed by atoms with Gasteiger partial charge in [-0.3, -0.25) is 4.79 Å². The fourth-order valence-electron chi connectivity index (χ4n) is 3.88. The Morgan fingerprint density at radius 3 is 2.61 bits per heavy atom. The van der Waals surface area contributed by atoms with Gasteiger partial charge >= 0.3 is 0 Å². The highest BCUT2D eigenvalue weighted by Gasteiger charge is 2.39. The lowest BCUT2D eigenvalue weighted by molar-refractivity contribution is -0.0383. The first-order valence-corrected chi connectivity index (χ1v) is 8.32. The lowest BCUT2D eigenvalue weighted by Gasteiger charge is -2.40. The molecule has 0 radical (unpaired) electrons. The second-order valence-electron chi connectivity index (χ2n) is 6.73. The Kier molecular flexibility index (Phi) is 4.69. The van der Waals surface area contributed by atoms with Gasteiger partial charge in [0.05, 0.1) is 25.4 Å². The fourth-order valence-corrected chi connectivity index (χ4v) is 3.88. The standard InChI is InChI=1S/C18H24FNO3/c1-11-8-13(9-12(2)17(11)19)18(22)20-6-7-23-10-15(20)14-4-3-5-16(14)21/h8-9,14-16,21H,3-7,10H2,1-2H3/t14-,15+,16-/m0/s1. The van der Waals surface area contributed by atoms with Crippen molar-refractivity contribution in [3.63, 3.8) is 0 Å². The predicted octanol–water partition coefficient (Wildman–Crippen LogP) is 2.44. The molecule has 1 aromatic rings. The number of amides is 1. The van der Waals surface area contributed by atoms with Gasteiger partial charge in [0.15, 0.2) is 0 Å². The summed E-state index contributed by atoms with van der Waals surface area (Å²) in [7, 11) is 0. The van der Waals surface area contributed by atoms with E-state index in [0.717, 1.165) is 19.3 Å². The van der Waals surface area contributed by atoms with Crippen molar-refractivity contribution in [1.82, 2.24) is 4.90 Å². The summed E-state index contributed by atoms with van der Waals surface area (Å²) in [5.74, 6) is -0.281. The van der Waals surface area contributed by atoms with Crippen LogP contribution < -0.4 is 0 Å². The third-order valence-corrected chi connectivity index (χ3v) is 5.14. The molecule has 1 aromatic carbocycles. The number of ether oxygens (including phenoxy) is 1. The van der Waals surface area contributed by atoms with Gasteiger partial charge in [0.2, 0.25) is 0 Å². The van der Waals surface area contributed by atoms with Crippen molar-refractivity contribution in [3.8, 4) is 0 Å². The molecule has 23 heavy (non-hydrogen) atoms. The summed E-state index contributed by atoms with van der Waals surface area (Å²) in [6.45, 7) is 4.84. The maximum atomic E-state index is 13.8. The summed E-state index contributed by atoms with van der Waals surface area (Å²) in [5.41, 5.74) is 1.49. The third kappa shape index (κ3) is 3.12. The summed E-state index contributed by atoms with van der Waals surface area (Å²) in [4.78, 5) is 14.8. The second kappa shape index (κ2) is 6.57. The Balaban J connectivity index is 1.87. The number of aliphatic hydroxyl groups excluding tert-OH is 1. The molecule has 0 bridgehead atoms. The molecule has 5 heteroatoms. The normalized spacial score (nSPS) is 28.2. The molecule has 1 saturated heterocycles. The summed E-state index contributed by atoms with van der Waals surface area (Å²) in [6, 6.07) is 3.13. The number of carbonyl (C=O) groups excluding carboxylic acids is 1. The van der Waals surface area contributed by atoms with Gasteiger partial charge in [-0.1, -0.05) is 6.42 Å². The maximum Gasteiger partial charge on any atom is 0.254 e. The average Bonchev–Trinajstić information content (AvgIpc) is 2.97. The molecule has 0 spiro atoms. The number of hydrogen-bond acceptors (Lipinski definition) is 3. The van der Waals surface area contributed by atoms with Gasteiger partial charge in [-0.2, -0.15) is 0 Å². The van der Waals surface area contributed by atoms with Crippen molar-refractivity contribution >= 4 is 5.91 Å². The van der Waals surface area contributed by atoms with E-state index < -0.39 is 0 Å². The third-order valence-electron chi connectivity index (χ3n) is 5.14. The van der Waals surface area contributed by atoms with E-state index in [-0.39, 0.29) is 29.8 Å². The van der Waals surface area contributed by atoms with Gasteiger partial charge in [0, 0.05) is 18.0 Å². The average molecular weight is 321 g/mol. The smallest absolute Gasteiger partial charge is 0.254 e. The Labute approximate surface area is 136 Å². The van der Waals surface area contributed by atoms with E-state index in [1.165, 1.54) is 0 Å². The molecule has 2 aliphatic rings. The van der Waals surface area contributed by atoms with Crippen LogP contribution in [0.1, 0.15) is 40.7 Å². The molecule has 1 heterocycles. The fraction of sp³-hybridized carbons (Fsp3) is 0.611. The number of benzene rings is 1. The van der Waals surface area contributed by atoms with Crippen LogP contribution in [0.5, 0.6) is 0 Å². The lowest BCUT2D eigenvalue weighted by Crippen LogP contribution is -2.53. The topological polar surface area (TPSA) is 49.8 Å². The van der Waals surface area contributed by atoms with Gasteiger partial charge in [0.25, 0.3) is 5.91 Å². The van der Waals surface area contributed by atoms with Crippen molar-refractivity contribution in [1.29, 1.82) is 0 Å². The molecule has 3 atom stereocenters. The van der Waals surface area contributed by atoms with Crippen LogP contribution in [-0.4, -0.2) is 47.8 Å². The number of aliphatic hydroxyl groups is 1. The van der Waals surface area contributed by atoms with Crippen LogP contribution in [0.4, 0.5) is 4.39 Å². The molecular formula is C18H24FNO3. The minimum absolute atomic E-state index is 0.0712. The first-order valence-electron chi connectivity index (χ1n) is 8.32. The summed E-state index contributed by atoms with van der Waals surface area (Å²) in [5, 5.41) is 10.2. The van der Waals surface area contributed by atoms with Crippen LogP contribution in [0.25, 0.3) is 0 Å². The molecule has 1 amide bonds. The zero-order valence-corrected chi connectivity index (χ0v) is 13.7. The first kappa shape index (κ1) is 16.4. The van der Waals surface area contributed by atoms with E-state index in [0.29, 0.717) is 36.4 Å². The van der Waals surface area contributed by atoms with Gasteiger partial charge < -0.3 is 14.7 Å². The van der Waals surface area contributed by atoms with Crippen LogP contribution in [0.2, 0.25) is 0 Å². The van der Waals surface area contributed by atoms with Crippen molar-refractivity contribution in [2.45, 2.75) is 45.3 Å². The Hall–Kier alpha value is -1.46. The Morgan fingerprint density at radius 1 is 1.30 bits per heavy atom. The summed E-state index contributed by atoms with van der Waals surface area (Å²) < 4.78 is 19.4. The zero-order chi connectivity index (χ0) is 16.6. The number of carbonyl (C=O) groups is 1. The highest BCUT2D eigenvalue weighted by molar-refractivity contribution is 5.95. The largest absolute Gasteiger partial charge is 0.393 e. The molecule has 1 saturated carbocycles. The highest BCUT2D eigenvalue weighted by Crippen LogP contribution is 2.33. The minimum atomic E-state index is -0.367. The molecule has 3 rings (SSSR count). The quantitative estimate of drug-likeness (QED) is 0.910. The molecule has 126 valence electrons. The number of halogens is 1. The maximum absolute atomic E-state index is 13.8. The zero-order valence-electron chi connectivity index (χ0n) is 13.7. The van der Waals surface area contributed by atoms with E-state index >= 15 is 0 Å². The Bertz CT molecular complexity index is 581. The van der Waals surface area contributed by atoms with Crippen LogP contribution in [0, 0.1) is 25.6 Å². The van der Waals surface area contributed by atoms with Gasteiger partial charge in [0.1, 0.15) is 5.82 Å². The first-order chi connectivity index (χ1) is 11.0. The highest BCUT2D eigenvalue weighted by atomic mass is 19.1. The molecule has 1 aliphatic carbocycles. The number of aryl methyl sites for hydroxylation is 2. The molecule has 0 unspecified atom stereocenters. The van der Waals surface area contributed by atoms with Crippen molar-refractivity contribution in [2.75, 3.05) is 19.8 Å². The van der Waals surface area contributed by atoms with Gasteiger partial charge in [-0.05, 0) is 49.9 Å². The molecule has 2 fully saturated rings. The van der Waals surface area contributed by atoms with Crippen molar-refractivity contribution in [3.05, 3.63) is 34.6 Å². The van der Waals surface area contributed by atoms with E-state index in [2.05, 4.69) is 0 Å². The van der Waals surface area contributed by atoms with Crippen LogP contribution >= 0.6 is 0 Å². The summed E-state index contributed by atoms with van der Waals surface area (Å²) in [6.07, 6.45) is 2.33. The monoisotopic (exact) mass is 321 g/mol. The van der Waals surface area contributed by atoms with Crippen molar-refractivity contribution in [2.24, 2.45) is 5.92 Å². The number of morpholine rings is 1. The molecule has 1 N–H and O–H groups in total. The molecular weight excluding hydrogens is 297 g/mol.